The van der Waals surface area contributed by atoms with Crippen molar-refractivity contribution in [2.75, 3.05) is 6.54 Å². The summed E-state index contributed by atoms with van der Waals surface area (Å²) in [6, 6.07) is 3.86. The van der Waals surface area contributed by atoms with Gasteiger partial charge in [-0.05, 0) is 90.2 Å². The predicted octanol–water partition coefficient (Wildman–Crippen LogP) is 6.09. The average Bonchev–Trinajstić information content (AvgIpc) is 3.28. The molecule has 2 fully saturated rings. The molecule has 2 saturated carbocycles. The molecule has 4 aliphatic rings. The molecule has 0 bridgehead atoms. The second kappa shape index (κ2) is 11.4. The summed E-state index contributed by atoms with van der Waals surface area (Å²) < 4.78 is 6.09. The van der Waals surface area contributed by atoms with Crippen LogP contribution in [0.1, 0.15) is 92.1 Å². The molecule has 1 aromatic rings. The van der Waals surface area contributed by atoms with Gasteiger partial charge in [0, 0.05) is 24.9 Å². The van der Waals surface area contributed by atoms with Crippen LogP contribution < -0.4 is 10.6 Å². The molecule has 0 radical (unpaired) electrons. The van der Waals surface area contributed by atoms with Crippen molar-refractivity contribution in [2.24, 2.45) is 34.5 Å². The lowest BCUT2D eigenvalue weighted by molar-refractivity contribution is -0.156. The Bertz CT molecular complexity index is 1160. The topological polar surface area (TPSA) is 80.3 Å². The minimum atomic E-state index is -0.626. The smallest absolute Gasteiger partial charge is 0.329 e. The molecule has 5 rings (SSSR count). The van der Waals surface area contributed by atoms with Crippen molar-refractivity contribution in [3.63, 3.8) is 0 Å². The van der Waals surface area contributed by atoms with Crippen molar-refractivity contribution in [3.05, 3.63) is 47.8 Å². The number of hydrogen-bond donors (Lipinski definition) is 2. The highest BCUT2D eigenvalue weighted by atomic mass is 16.5. The molecule has 1 heterocycles. The van der Waals surface area contributed by atoms with Gasteiger partial charge in [-0.2, -0.15) is 0 Å². The molecule has 0 spiro atoms. The lowest BCUT2D eigenvalue weighted by Crippen LogP contribution is -2.51. The van der Waals surface area contributed by atoms with Crippen LogP contribution in [0.2, 0.25) is 0 Å². The summed E-state index contributed by atoms with van der Waals surface area (Å²) >= 11 is 0. The van der Waals surface area contributed by atoms with Gasteiger partial charge in [-0.25, -0.2) is 4.79 Å². The highest BCUT2D eigenvalue weighted by molar-refractivity contribution is 5.85. The van der Waals surface area contributed by atoms with Gasteiger partial charge in [-0.15, -0.1) is 0 Å². The summed E-state index contributed by atoms with van der Waals surface area (Å²) in [5.74, 6) is 1.54. The maximum atomic E-state index is 13.2. The van der Waals surface area contributed by atoms with Gasteiger partial charge in [0.05, 0.1) is 6.54 Å². The summed E-state index contributed by atoms with van der Waals surface area (Å²) in [5.41, 5.74) is 4.69. The fourth-order valence-electron chi connectivity index (χ4n) is 8.52. The number of esters is 1. The van der Waals surface area contributed by atoms with Crippen LogP contribution in [0.4, 0.5) is 0 Å². The zero-order valence-electron chi connectivity index (χ0n) is 25.3. The zero-order valence-corrected chi connectivity index (χ0v) is 25.3. The Morgan fingerprint density at radius 3 is 2.52 bits per heavy atom. The van der Waals surface area contributed by atoms with Gasteiger partial charge in [-0.3, -0.25) is 9.78 Å². The van der Waals surface area contributed by atoms with Crippen LogP contribution in [0.5, 0.6) is 0 Å². The van der Waals surface area contributed by atoms with E-state index in [4.69, 9.17) is 4.74 Å². The van der Waals surface area contributed by atoms with Crippen LogP contribution in [0.25, 0.3) is 5.57 Å². The molecule has 4 aliphatic carbocycles. The number of nitrogens with zero attached hydrogens (tertiary/aromatic N) is 1. The van der Waals surface area contributed by atoms with Crippen LogP contribution in [0.15, 0.2) is 42.3 Å². The molecule has 6 nitrogen and oxygen atoms in total. The Balaban J connectivity index is 1.24. The van der Waals surface area contributed by atoms with E-state index in [1.54, 1.807) is 0 Å². The summed E-state index contributed by atoms with van der Waals surface area (Å²) in [4.78, 5) is 30.1. The Kier molecular flexibility index (Phi) is 8.29. The number of pyridine rings is 1. The molecule has 1 aromatic heterocycles. The highest BCUT2D eigenvalue weighted by Gasteiger charge is 2.57. The highest BCUT2D eigenvalue weighted by Crippen LogP contribution is 2.66. The van der Waals surface area contributed by atoms with Gasteiger partial charge in [0.2, 0.25) is 5.91 Å². The normalized spacial score (nSPS) is 33.8. The molecular weight excluding hydrogens is 498 g/mol. The third-order valence-corrected chi connectivity index (χ3v) is 10.8. The number of hydrogen-bond acceptors (Lipinski definition) is 5. The van der Waals surface area contributed by atoms with E-state index in [0.717, 1.165) is 32.1 Å². The number of carbonyl (C=O) groups is 2. The Morgan fingerprint density at radius 1 is 1.05 bits per heavy atom. The summed E-state index contributed by atoms with van der Waals surface area (Å²) in [6.07, 6.45) is 16.3. The van der Waals surface area contributed by atoms with Crippen molar-refractivity contribution in [1.82, 2.24) is 15.6 Å². The summed E-state index contributed by atoms with van der Waals surface area (Å²) in [5, 5.41) is 6.02. The van der Waals surface area contributed by atoms with Crippen molar-refractivity contribution in [2.45, 2.75) is 105 Å². The number of ether oxygens (including phenoxy) is 1. The Hall–Kier alpha value is -2.47. The maximum Gasteiger partial charge on any atom is 0.329 e. The lowest BCUT2D eigenvalue weighted by atomic mass is 9.47. The first-order chi connectivity index (χ1) is 19.0. The van der Waals surface area contributed by atoms with E-state index in [1.165, 1.54) is 29.6 Å². The van der Waals surface area contributed by atoms with Gasteiger partial charge in [0.25, 0.3) is 0 Å². The quantitative estimate of drug-likeness (QED) is 0.304. The second-order valence-corrected chi connectivity index (χ2v) is 13.9. The molecule has 1 amide bonds. The lowest BCUT2D eigenvalue weighted by Gasteiger charge is -2.58. The van der Waals surface area contributed by atoms with Gasteiger partial charge >= 0.3 is 5.97 Å². The largest absolute Gasteiger partial charge is 0.461 e. The van der Waals surface area contributed by atoms with E-state index in [0.29, 0.717) is 17.8 Å². The fraction of sp³-hybridized carbons (Fsp3) is 0.676. The number of amides is 1. The van der Waals surface area contributed by atoms with Gasteiger partial charge in [0.15, 0.2) is 0 Å². The van der Waals surface area contributed by atoms with Crippen molar-refractivity contribution in [3.8, 4) is 0 Å². The maximum absolute atomic E-state index is 13.2. The number of allylic oxidation sites excluding steroid dienone is 3. The zero-order chi connectivity index (χ0) is 28.7. The average molecular weight is 548 g/mol. The van der Waals surface area contributed by atoms with Crippen LogP contribution in [0.3, 0.4) is 0 Å². The van der Waals surface area contributed by atoms with E-state index in [1.807, 2.05) is 40.1 Å². The van der Waals surface area contributed by atoms with E-state index >= 15 is 0 Å². The minimum Gasteiger partial charge on any atom is -0.461 e. The van der Waals surface area contributed by atoms with E-state index in [9.17, 15) is 9.59 Å². The number of aromatic nitrogens is 1. The van der Waals surface area contributed by atoms with Crippen LogP contribution >= 0.6 is 0 Å². The molecule has 0 saturated heterocycles. The molecule has 218 valence electrons. The molecule has 7 atom stereocenters. The van der Waals surface area contributed by atoms with E-state index in [-0.39, 0.29) is 47.3 Å². The van der Waals surface area contributed by atoms with Gasteiger partial charge in [-0.1, -0.05) is 65.3 Å². The SMILES string of the molecule is CC(C)NCC(=O)N[C@H](C(=O)O[C@H]1CC[C@@]2(C)C(=CC[C@@H]3[C@@H]2CC[C@]2(C)C(c4cccnc4)=CC[C@@H]32)C1)C(C)C. The van der Waals surface area contributed by atoms with E-state index in [2.05, 4.69) is 53.7 Å². The Labute approximate surface area is 240 Å². The molecule has 6 heteroatoms. The Morgan fingerprint density at radius 2 is 1.82 bits per heavy atom. The molecule has 0 aromatic carbocycles. The molecule has 0 aliphatic heterocycles. The number of nitrogens with one attached hydrogen (secondary N) is 2. The van der Waals surface area contributed by atoms with Gasteiger partial charge in [0.1, 0.15) is 12.1 Å². The number of rotatable bonds is 8. The first kappa shape index (κ1) is 29.0. The first-order valence-corrected chi connectivity index (χ1v) is 15.6. The summed E-state index contributed by atoms with van der Waals surface area (Å²) in [7, 11) is 0. The fourth-order valence-corrected chi connectivity index (χ4v) is 8.52. The number of carbonyl (C=O) groups excluding carboxylic acids is 2. The minimum absolute atomic E-state index is 0.0351. The molecule has 0 unspecified atom stereocenters. The van der Waals surface area contributed by atoms with Crippen molar-refractivity contribution >= 4 is 17.4 Å². The van der Waals surface area contributed by atoms with Crippen LogP contribution in [-0.2, 0) is 14.3 Å². The third kappa shape index (κ3) is 5.41. The standard InChI is InChI=1S/C34H49N3O3/c1-21(2)31(37-30(38)20-36-22(3)4)32(39)40-25-13-15-33(5)24(18-25)9-10-26-28-12-11-27(23-8-7-17-35-19-23)34(28,6)16-14-29(26)33/h7-9,11,17,19,21-22,25-26,28-29,31,36H,10,12-16,18,20H2,1-6H3,(H,37,38)/t25-,26-,28-,29-,31-,33-,34+/m0/s1. The van der Waals surface area contributed by atoms with Crippen molar-refractivity contribution < 1.29 is 14.3 Å². The van der Waals surface area contributed by atoms with Crippen LogP contribution in [0, 0.1) is 34.5 Å². The molecule has 2 N–H and O–H groups in total. The first-order valence-electron chi connectivity index (χ1n) is 15.6. The summed E-state index contributed by atoms with van der Waals surface area (Å²) in [6.45, 7) is 13.1. The van der Waals surface area contributed by atoms with Crippen molar-refractivity contribution in [1.29, 1.82) is 0 Å². The predicted molar refractivity (Wildman–Crippen MR) is 159 cm³/mol. The molecular formula is C34H49N3O3. The second-order valence-electron chi connectivity index (χ2n) is 13.9. The third-order valence-electron chi connectivity index (χ3n) is 10.8. The van der Waals surface area contributed by atoms with Crippen LogP contribution in [-0.4, -0.2) is 41.6 Å². The monoisotopic (exact) mass is 547 g/mol. The molecule has 40 heavy (non-hydrogen) atoms. The number of fused-ring (bicyclic) bond motifs is 5. The van der Waals surface area contributed by atoms with E-state index < -0.39 is 6.04 Å². The van der Waals surface area contributed by atoms with Gasteiger partial charge < -0.3 is 15.4 Å².